The lowest BCUT2D eigenvalue weighted by molar-refractivity contribution is -0.0400. The summed E-state index contributed by atoms with van der Waals surface area (Å²) in [5, 5.41) is 0.905. The van der Waals surface area contributed by atoms with Crippen LogP contribution in [0.5, 0.6) is 5.75 Å². The molecule has 2 aromatic rings. The lowest BCUT2D eigenvalue weighted by Gasteiger charge is -2.32. The topological polar surface area (TPSA) is 51.7 Å². The van der Waals surface area contributed by atoms with Crippen LogP contribution in [-0.4, -0.2) is 48.2 Å². The molecule has 5 nitrogen and oxygen atoms in total. The number of rotatable bonds is 4. The van der Waals surface area contributed by atoms with Crippen LogP contribution in [0.1, 0.15) is 25.9 Å². The van der Waals surface area contributed by atoms with E-state index in [0.717, 1.165) is 16.3 Å². The number of benzene rings is 1. The monoisotopic (exact) mass is 356 g/mol. The van der Waals surface area contributed by atoms with Gasteiger partial charge in [-0.25, -0.2) is 4.98 Å². The zero-order valence-electron chi connectivity index (χ0n) is 14.3. The van der Waals surface area contributed by atoms with Crippen LogP contribution in [0, 0.1) is 26.2 Å². The van der Waals surface area contributed by atoms with E-state index in [-0.39, 0.29) is 12.0 Å². The van der Waals surface area contributed by atoms with Crippen molar-refractivity contribution in [3.05, 3.63) is 45.4 Å². The third-order valence-electron chi connectivity index (χ3n) is 3.96. The second-order valence-electron chi connectivity index (χ2n) is 5.87. The first-order valence-corrected chi connectivity index (χ1v) is 8.93. The highest BCUT2D eigenvalue weighted by Gasteiger charge is 2.27. The quantitative estimate of drug-likeness (QED) is 0.791. The highest BCUT2D eigenvalue weighted by Crippen LogP contribution is 2.21. The highest BCUT2D eigenvalue weighted by molar-refractivity contribution is 7.13. The second-order valence-corrected chi connectivity index (χ2v) is 7.08. The van der Waals surface area contributed by atoms with Gasteiger partial charge in [0, 0.05) is 12.1 Å². The van der Waals surface area contributed by atoms with Crippen LogP contribution in [0.3, 0.4) is 0 Å². The van der Waals surface area contributed by atoms with Crippen molar-refractivity contribution in [1.29, 1.82) is 0 Å². The molecule has 0 radical (unpaired) electrons. The molecule has 1 amide bonds. The first-order chi connectivity index (χ1) is 12.1. The van der Waals surface area contributed by atoms with Crippen LogP contribution < -0.4 is 4.74 Å². The molecule has 1 aromatic carbocycles. The number of thiazole rings is 1. The average Bonchev–Trinajstić information content (AvgIpc) is 2.98. The Hall–Kier alpha value is -2.36. The molecule has 3 rings (SSSR count). The van der Waals surface area contributed by atoms with E-state index < -0.39 is 0 Å². The molecular formula is C19H20N2O3S. The summed E-state index contributed by atoms with van der Waals surface area (Å²) in [6.07, 6.45) is 5.23. The maximum atomic E-state index is 12.7. The standard InChI is InChI=1S/C19H20N2O3S/c1-4-15-6-5-7-16(10-15)24-12-17-11-21(8-9-23-17)19(22)18-13(2)20-14(3)25-18/h1,5-7,10,17H,8-9,11-12H2,2-3H3. The Bertz CT molecular complexity index is 809. The van der Waals surface area contributed by atoms with Crippen molar-refractivity contribution in [3.63, 3.8) is 0 Å². The van der Waals surface area contributed by atoms with Gasteiger partial charge in [-0.15, -0.1) is 17.8 Å². The Balaban J connectivity index is 1.60. The molecule has 0 bridgehead atoms. The number of carbonyl (C=O) groups is 1. The van der Waals surface area contributed by atoms with Gasteiger partial charge in [-0.2, -0.15) is 0 Å². The van der Waals surface area contributed by atoms with Crippen LogP contribution in [0.2, 0.25) is 0 Å². The predicted octanol–water partition coefficient (Wildman–Crippen LogP) is 2.66. The molecule has 0 aliphatic carbocycles. The molecule has 1 fully saturated rings. The third kappa shape index (κ3) is 4.19. The van der Waals surface area contributed by atoms with Crippen molar-refractivity contribution in [2.45, 2.75) is 20.0 Å². The Morgan fingerprint density at radius 2 is 2.36 bits per heavy atom. The maximum absolute atomic E-state index is 12.7. The van der Waals surface area contributed by atoms with Gasteiger partial charge in [0.25, 0.3) is 5.91 Å². The summed E-state index contributed by atoms with van der Waals surface area (Å²) < 4.78 is 11.5. The molecule has 25 heavy (non-hydrogen) atoms. The average molecular weight is 356 g/mol. The number of carbonyl (C=O) groups excluding carboxylic acids is 1. The smallest absolute Gasteiger partial charge is 0.266 e. The Labute approximate surface area is 151 Å². The van der Waals surface area contributed by atoms with E-state index in [4.69, 9.17) is 15.9 Å². The second kappa shape index (κ2) is 7.68. The van der Waals surface area contributed by atoms with Gasteiger partial charge in [0.2, 0.25) is 0 Å². The number of amides is 1. The van der Waals surface area contributed by atoms with E-state index in [2.05, 4.69) is 10.9 Å². The van der Waals surface area contributed by atoms with Crippen LogP contribution >= 0.6 is 11.3 Å². The third-order valence-corrected chi connectivity index (χ3v) is 5.02. The zero-order chi connectivity index (χ0) is 17.8. The fourth-order valence-corrected chi connectivity index (χ4v) is 3.63. The number of aryl methyl sites for hydroxylation is 2. The molecule has 0 saturated carbocycles. The van der Waals surface area contributed by atoms with E-state index in [9.17, 15) is 4.79 Å². The summed E-state index contributed by atoms with van der Waals surface area (Å²) in [5.74, 6) is 3.31. The van der Waals surface area contributed by atoms with Crippen LogP contribution in [0.15, 0.2) is 24.3 Å². The normalized spacial score (nSPS) is 17.2. The molecule has 1 aliphatic rings. The van der Waals surface area contributed by atoms with Gasteiger partial charge in [0.05, 0.1) is 23.9 Å². The Kier molecular flexibility index (Phi) is 5.37. The number of hydrogen-bond acceptors (Lipinski definition) is 5. The number of terminal acetylenes is 1. The lowest BCUT2D eigenvalue weighted by Crippen LogP contribution is -2.47. The largest absolute Gasteiger partial charge is 0.491 e. The maximum Gasteiger partial charge on any atom is 0.266 e. The van der Waals surface area contributed by atoms with E-state index in [0.29, 0.717) is 36.9 Å². The number of hydrogen-bond donors (Lipinski definition) is 0. The highest BCUT2D eigenvalue weighted by atomic mass is 32.1. The molecule has 1 unspecified atom stereocenters. The summed E-state index contributed by atoms with van der Waals surface area (Å²) in [7, 11) is 0. The minimum Gasteiger partial charge on any atom is -0.491 e. The number of aromatic nitrogens is 1. The Morgan fingerprint density at radius 1 is 1.52 bits per heavy atom. The summed E-state index contributed by atoms with van der Waals surface area (Å²) in [5.41, 5.74) is 1.56. The Morgan fingerprint density at radius 3 is 3.08 bits per heavy atom. The van der Waals surface area contributed by atoms with Crippen molar-refractivity contribution in [2.75, 3.05) is 26.3 Å². The molecule has 1 atom stereocenters. The molecule has 0 spiro atoms. The van der Waals surface area contributed by atoms with E-state index >= 15 is 0 Å². The van der Waals surface area contributed by atoms with Gasteiger partial charge in [-0.3, -0.25) is 4.79 Å². The fraction of sp³-hybridized carbons (Fsp3) is 0.368. The fourth-order valence-electron chi connectivity index (χ4n) is 2.74. The molecule has 1 aromatic heterocycles. The van der Waals surface area contributed by atoms with Gasteiger partial charge in [-0.05, 0) is 32.0 Å². The summed E-state index contributed by atoms with van der Waals surface area (Å²) in [6.45, 7) is 5.74. The summed E-state index contributed by atoms with van der Waals surface area (Å²) in [4.78, 5) is 19.6. The molecule has 1 saturated heterocycles. The zero-order valence-corrected chi connectivity index (χ0v) is 15.1. The van der Waals surface area contributed by atoms with Gasteiger partial charge in [0.15, 0.2) is 0 Å². The first-order valence-electron chi connectivity index (χ1n) is 8.11. The minimum atomic E-state index is -0.165. The molecule has 6 heteroatoms. The van der Waals surface area contributed by atoms with E-state index in [1.807, 2.05) is 43.0 Å². The SMILES string of the molecule is C#Cc1cccc(OCC2CN(C(=O)c3sc(C)nc3C)CCO2)c1. The first kappa shape index (κ1) is 17.5. The number of nitrogens with zero attached hydrogens (tertiary/aromatic N) is 2. The molecular weight excluding hydrogens is 336 g/mol. The van der Waals surface area contributed by atoms with Crippen LogP contribution in [0.25, 0.3) is 0 Å². The number of morpholine rings is 1. The van der Waals surface area contributed by atoms with Gasteiger partial charge in [-0.1, -0.05) is 12.0 Å². The molecule has 2 heterocycles. The van der Waals surface area contributed by atoms with Crippen LogP contribution in [0.4, 0.5) is 0 Å². The summed E-state index contributed by atoms with van der Waals surface area (Å²) >= 11 is 1.44. The van der Waals surface area contributed by atoms with Gasteiger partial charge < -0.3 is 14.4 Å². The molecule has 130 valence electrons. The van der Waals surface area contributed by atoms with Crippen molar-refractivity contribution in [2.24, 2.45) is 0 Å². The van der Waals surface area contributed by atoms with Crippen molar-refractivity contribution >= 4 is 17.2 Å². The van der Waals surface area contributed by atoms with Crippen molar-refractivity contribution < 1.29 is 14.3 Å². The van der Waals surface area contributed by atoms with Gasteiger partial charge in [0.1, 0.15) is 23.3 Å². The minimum absolute atomic E-state index is 0.0192. The van der Waals surface area contributed by atoms with E-state index in [1.54, 1.807) is 0 Å². The van der Waals surface area contributed by atoms with Gasteiger partial charge >= 0.3 is 0 Å². The lowest BCUT2D eigenvalue weighted by atomic mass is 10.2. The van der Waals surface area contributed by atoms with Crippen LogP contribution in [-0.2, 0) is 4.74 Å². The van der Waals surface area contributed by atoms with E-state index in [1.165, 1.54) is 11.3 Å². The summed E-state index contributed by atoms with van der Waals surface area (Å²) in [6, 6.07) is 7.38. The van der Waals surface area contributed by atoms with Crippen molar-refractivity contribution in [1.82, 2.24) is 9.88 Å². The van der Waals surface area contributed by atoms with Crippen molar-refractivity contribution in [3.8, 4) is 18.1 Å². The number of ether oxygens (including phenoxy) is 2. The molecule has 1 aliphatic heterocycles. The molecule has 0 N–H and O–H groups in total. The predicted molar refractivity (Wildman–Crippen MR) is 97.1 cm³/mol.